The summed E-state index contributed by atoms with van der Waals surface area (Å²) in [6.07, 6.45) is -8.49. The molecule has 16 heteroatoms. The van der Waals surface area contributed by atoms with Gasteiger partial charge in [-0.1, -0.05) is 103 Å². The highest BCUT2D eigenvalue weighted by Crippen LogP contribution is 2.38. The molecule has 0 saturated carbocycles. The fraction of sp³-hybridized carbons (Fsp3) is 0.568. The fourth-order valence-electron chi connectivity index (χ4n) is 7.86. The number of hydrogen-bond donors (Lipinski definition) is 1. The average Bonchev–Trinajstić information content (AvgIpc) is 3.25. The summed E-state index contributed by atoms with van der Waals surface area (Å²) in [6, 6.07) is 28.8. The first kappa shape index (κ1) is 45.6. The normalized spacial score (nSPS) is 33.1. The third-order valence-corrected chi connectivity index (χ3v) is 10.9. The van der Waals surface area contributed by atoms with Crippen molar-refractivity contribution < 1.29 is 52.1 Å². The molecule has 14 atom stereocenters. The van der Waals surface area contributed by atoms with Crippen molar-refractivity contribution >= 4 is 13.7 Å². The van der Waals surface area contributed by atoms with Crippen molar-refractivity contribution in [1.29, 1.82) is 5.41 Å². The van der Waals surface area contributed by atoms with E-state index in [9.17, 15) is 5.53 Å². The summed E-state index contributed by atoms with van der Waals surface area (Å²) < 4.78 is 69.7. The highest BCUT2D eigenvalue weighted by molar-refractivity contribution is 6.12. The van der Waals surface area contributed by atoms with Gasteiger partial charge in [-0.25, -0.2) is 0 Å². The smallest absolute Gasteiger partial charge is 0.228 e. The van der Waals surface area contributed by atoms with E-state index in [2.05, 4.69) is 10.0 Å². The van der Waals surface area contributed by atoms with E-state index in [0.29, 0.717) is 26.4 Å². The maximum atomic E-state index is 9.60. The van der Waals surface area contributed by atoms with Crippen molar-refractivity contribution in [3.63, 3.8) is 0 Å². The minimum atomic E-state index is -1.07. The first-order valence-corrected chi connectivity index (χ1v) is 20.5. The summed E-state index contributed by atoms with van der Waals surface area (Å²) in [6.45, 7) is 8.72. The molecule has 0 bridgehead atoms. The molecule has 3 heterocycles. The van der Waals surface area contributed by atoms with Crippen LogP contribution in [-0.4, -0.2) is 114 Å². The lowest BCUT2D eigenvalue weighted by molar-refractivity contribution is -0.363. The Labute approximate surface area is 353 Å². The van der Waals surface area contributed by atoms with E-state index in [0.717, 1.165) is 16.7 Å². The predicted molar refractivity (Wildman–Crippen MR) is 221 cm³/mol. The van der Waals surface area contributed by atoms with Crippen LogP contribution in [-0.2, 0) is 71.9 Å². The average molecular weight is 829 g/mol. The number of nitrogens with one attached hydrogen (secondary N) is 1. The number of nitrogens with zero attached hydrogens (tertiary/aromatic N) is 3. The Morgan fingerprint density at radius 1 is 0.767 bits per heavy atom. The monoisotopic (exact) mass is 828 g/mol. The van der Waals surface area contributed by atoms with Crippen LogP contribution in [0.15, 0.2) is 96.1 Å². The summed E-state index contributed by atoms with van der Waals surface area (Å²) in [5.41, 5.74) is 12.6. The molecular formula is C44H57BN4O11. The third kappa shape index (κ3) is 11.9. The van der Waals surface area contributed by atoms with E-state index in [-0.39, 0.29) is 19.1 Å². The maximum Gasteiger partial charge on any atom is 0.228 e. The molecular weight excluding hydrogens is 771 g/mol. The Kier molecular flexibility index (Phi) is 17.3. The standard InChI is InChI=1S/C44H57BN4O11/c1-6-52-40-38(60-42-35(45)39(54-24-32-20-14-9-15-21-32)34(26-55-42)53-23-31-18-12-8-13-19-31)28(3)56-44(41(40)50-5)59-37-27(2)36(48-49-47)33(58-43(37)57-29(4)46)25-51-22-30-16-10-7-11-17-30/h7-21,27-28,33-44,46H,6,22-26H2,1-5H3/t27?,28-,33+,34?,35?,36?,37?,38?,39?,40?,41?,42+,43+,44+/m1/s1. The van der Waals surface area contributed by atoms with Crippen LogP contribution in [0.3, 0.4) is 0 Å². The Balaban J connectivity index is 1.16. The van der Waals surface area contributed by atoms with Crippen molar-refractivity contribution in [2.45, 2.75) is 127 Å². The molecule has 2 radical (unpaired) electrons. The van der Waals surface area contributed by atoms with Gasteiger partial charge >= 0.3 is 0 Å². The second-order valence-corrected chi connectivity index (χ2v) is 15.2. The van der Waals surface area contributed by atoms with E-state index >= 15 is 0 Å². The third-order valence-electron chi connectivity index (χ3n) is 10.9. The molecule has 3 aliphatic heterocycles. The van der Waals surface area contributed by atoms with Gasteiger partial charge in [-0.05, 0) is 42.0 Å². The number of hydrogen-bond acceptors (Lipinski definition) is 13. The van der Waals surface area contributed by atoms with Crippen molar-refractivity contribution in [1.82, 2.24) is 0 Å². The van der Waals surface area contributed by atoms with Gasteiger partial charge in [0.2, 0.25) is 6.29 Å². The van der Waals surface area contributed by atoms with Crippen molar-refractivity contribution in [3.8, 4) is 0 Å². The molecule has 0 spiro atoms. The number of ether oxygens (including phenoxy) is 11. The summed E-state index contributed by atoms with van der Waals surface area (Å²) in [5.74, 6) is -1.31. The van der Waals surface area contributed by atoms with Gasteiger partial charge in [0.15, 0.2) is 18.5 Å². The summed E-state index contributed by atoms with van der Waals surface area (Å²) in [5, 5.41) is 12.3. The molecule has 15 nitrogen and oxygen atoms in total. The molecule has 3 fully saturated rings. The second kappa shape index (κ2) is 22.8. The van der Waals surface area contributed by atoms with Gasteiger partial charge in [0.1, 0.15) is 30.5 Å². The first-order chi connectivity index (χ1) is 29.2. The summed E-state index contributed by atoms with van der Waals surface area (Å²) >= 11 is 0. The fourth-order valence-corrected chi connectivity index (χ4v) is 7.86. The van der Waals surface area contributed by atoms with Crippen LogP contribution in [0.2, 0.25) is 5.82 Å². The van der Waals surface area contributed by atoms with Crippen LogP contribution < -0.4 is 0 Å². The van der Waals surface area contributed by atoms with E-state index < -0.39 is 85.5 Å². The molecule has 9 unspecified atom stereocenters. The molecule has 1 N–H and O–H groups in total. The van der Waals surface area contributed by atoms with Gasteiger partial charge in [0.25, 0.3) is 0 Å². The van der Waals surface area contributed by atoms with Crippen molar-refractivity contribution in [2.24, 2.45) is 11.0 Å². The van der Waals surface area contributed by atoms with Gasteiger partial charge in [-0.2, -0.15) is 0 Å². The van der Waals surface area contributed by atoms with Crippen LogP contribution in [0.1, 0.15) is 44.4 Å². The van der Waals surface area contributed by atoms with Crippen LogP contribution in [0.4, 0.5) is 0 Å². The molecule has 3 aromatic rings. The van der Waals surface area contributed by atoms with Gasteiger partial charge in [-0.3, -0.25) is 5.41 Å². The Morgan fingerprint density at radius 2 is 1.37 bits per heavy atom. The zero-order valence-electron chi connectivity index (χ0n) is 34.9. The van der Waals surface area contributed by atoms with Gasteiger partial charge < -0.3 is 52.1 Å². The summed E-state index contributed by atoms with van der Waals surface area (Å²) in [7, 11) is 8.48. The lowest BCUT2D eigenvalue weighted by Gasteiger charge is -2.50. The SMILES string of the molecule is [B]C1C(OCc2ccccc2)C(OCc2ccccc2)CO[C@H]1OC1C(OCC)C(OC)[C@H](OC2C(C)C(N=[N+]=[N-])[C@H](COCc3ccccc3)O[C@@H]2OC(C)=N)O[C@@H]1C. The highest BCUT2D eigenvalue weighted by atomic mass is 16.8. The lowest BCUT2D eigenvalue weighted by atomic mass is 9.77. The van der Waals surface area contributed by atoms with Crippen molar-refractivity contribution in [2.75, 3.05) is 26.9 Å². The van der Waals surface area contributed by atoms with Crippen LogP contribution in [0, 0.1) is 11.3 Å². The van der Waals surface area contributed by atoms with E-state index in [1.165, 1.54) is 14.0 Å². The molecule has 3 aliphatic rings. The topological polar surface area (TPSA) is 174 Å². The van der Waals surface area contributed by atoms with Gasteiger partial charge in [0.05, 0.1) is 65.2 Å². The molecule has 0 aromatic heterocycles. The van der Waals surface area contributed by atoms with Crippen LogP contribution in [0.5, 0.6) is 0 Å². The number of rotatable bonds is 19. The van der Waals surface area contributed by atoms with E-state index in [4.69, 9.17) is 65.4 Å². The lowest BCUT2D eigenvalue weighted by Crippen LogP contribution is -2.64. The number of azide groups is 1. The van der Waals surface area contributed by atoms with Gasteiger partial charge in [0, 0.05) is 31.4 Å². The molecule has 3 aromatic carbocycles. The number of methoxy groups -OCH3 is 1. The molecule has 6 rings (SSSR count). The van der Waals surface area contributed by atoms with E-state index in [1.54, 1.807) is 0 Å². The second-order valence-electron chi connectivity index (χ2n) is 15.2. The molecule has 322 valence electrons. The Bertz CT molecular complexity index is 1780. The maximum absolute atomic E-state index is 9.60. The highest BCUT2D eigenvalue weighted by Gasteiger charge is 2.53. The zero-order valence-corrected chi connectivity index (χ0v) is 34.9. The zero-order chi connectivity index (χ0) is 42.4. The quantitative estimate of drug-likeness (QED) is 0.0341. The molecule has 0 aliphatic carbocycles. The van der Waals surface area contributed by atoms with Crippen molar-refractivity contribution in [3.05, 3.63) is 118 Å². The minimum Gasteiger partial charge on any atom is -0.450 e. The van der Waals surface area contributed by atoms with Crippen LogP contribution >= 0.6 is 0 Å². The number of benzene rings is 3. The van der Waals surface area contributed by atoms with E-state index in [1.807, 2.05) is 112 Å². The molecule has 60 heavy (non-hydrogen) atoms. The predicted octanol–water partition coefficient (Wildman–Crippen LogP) is 6.68. The Morgan fingerprint density at radius 3 is 1.95 bits per heavy atom. The molecule has 3 saturated heterocycles. The van der Waals surface area contributed by atoms with Gasteiger partial charge in [-0.15, -0.1) is 0 Å². The minimum absolute atomic E-state index is 0.0866. The Hall–Kier alpha value is -3.90. The summed E-state index contributed by atoms with van der Waals surface area (Å²) in [4.78, 5) is 3.13. The molecule has 0 amide bonds. The van der Waals surface area contributed by atoms with Crippen LogP contribution in [0.25, 0.3) is 10.4 Å². The largest absolute Gasteiger partial charge is 0.450 e. The first-order valence-electron chi connectivity index (χ1n) is 20.5.